The number of benzene rings is 1. The summed E-state index contributed by atoms with van der Waals surface area (Å²) in [4.78, 5) is 0. The highest BCUT2D eigenvalue weighted by molar-refractivity contribution is 6.30. The zero-order valence-electron chi connectivity index (χ0n) is 13.0. The van der Waals surface area contributed by atoms with Crippen molar-refractivity contribution in [1.29, 1.82) is 0 Å². The molecule has 0 saturated carbocycles. The Morgan fingerprint density at radius 2 is 2.05 bits per heavy atom. The molecule has 0 radical (unpaired) electrons. The largest absolute Gasteiger partial charge is 0.493 e. The van der Waals surface area contributed by atoms with E-state index in [0.29, 0.717) is 11.3 Å². The summed E-state index contributed by atoms with van der Waals surface area (Å²) < 4.78 is 5.75. The molecule has 0 fully saturated rings. The van der Waals surface area contributed by atoms with Gasteiger partial charge < -0.3 is 10.5 Å². The van der Waals surface area contributed by atoms with Crippen LogP contribution in [-0.4, -0.2) is 6.61 Å². The first kappa shape index (κ1) is 15.7. The fraction of sp³-hybridized carbons (Fsp3) is 0.647. The van der Waals surface area contributed by atoms with Crippen molar-refractivity contribution in [2.24, 2.45) is 17.1 Å². The minimum absolute atomic E-state index is 0.00194. The average molecular weight is 296 g/mol. The molecule has 0 saturated heterocycles. The molecule has 2 unspecified atom stereocenters. The second-order valence-corrected chi connectivity index (χ2v) is 7.73. The van der Waals surface area contributed by atoms with Crippen LogP contribution >= 0.6 is 11.6 Å². The van der Waals surface area contributed by atoms with Crippen LogP contribution in [0.4, 0.5) is 0 Å². The van der Waals surface area contributed by atoms with E-state index in [1.54, 1.807) is 0 Å². The summed E-state index contributed by atoms with van der Waals surface area (Å²) >= 11 is 6.20. The maximum absolute atomic E-state index is 6.42. The standard InChI is InChI=1S/C17H26ClNO/c1-11(10-17(2,3)4)7-15(19)14-9-13(18)8-12-5-6-20-16(12)14/h8-9,11,15H,5-7,10,19H2,1-4H3. The van der Waals surface area contributed by atoms with Crippen molar-refractivity contribution in [2.75, 3.05) is 6.61 Å². The Hall–Kier alpha value is -0.730. The van der Waals surface area contributed by atoms with E-state index in [-0.39, 0.29) is 6.04 Å². The quantitative estimate of drug-likeness (QED) is 0.871. The Kier molecular flexibility index (Phi) is 4.66. The van der Waals surface area contributed by atoms with Gasteiger partial charge in [-0.25, -0.2) is 0 Å². The van der Waals surface area contributed by atoms with E-state index in [2.05, 4.69) is 27.7 Å². The van der Waals surface area contributed by atoms with Crippen molar-refractivity contribution in [3.05, 3.63) is 28.3 Å². The van der Waals surface area contributed by atoms with Crippen LogP contribution in [0.25, 0.3) is 0 Å². The van der Waals surface area contributed by atoms with E-state index in [4.69, 9.17) is 22.1 Å². The van der Waals surface area contributed by atoms with E-state index in [9.17, 15) is 0 Å². The molecule has 1 aliphatic heterocycles. The van der Waals surface area contributed by atoms with Crippen molar-refractivity contribution in [3.8, 4) is 5.75 Å². The summed E-state index contributed by atoms with van der Waals surface area (Å²) in [5.41, 5.74) is 9.03. The summed E-state index contributed by atoms with van der Waals surface area (Å²) in [5, 5.41) is 0.767. The summed E-state index contributed by atoms with van der Waals surface area (Å²) in [5.74, 6) is 1.56. The lowest BCUT2D eigenvalue weighted by Gasteiger charge is -2.26. The van der Waals surface area contributed by atoms with Gasteiger partial charge in [-0.05, 0) is 41.9 Å². The molecule has 112 valence electrons. The Morgan fingerprint density at radius 1 is 1.35 bits per heavy atom. The highest BCUT2D eigenvalue weighted by Crippen LogP contribution is 2.38. The molecule has 2 atom stereocenters. The molecule has 2 N–H and O–H groups in total. The molecule has 0 aliphatic carbocycles. The van der Waals surface area contributed by atoms with Crippen LogP contribution in [0.3, 0.4) is 0 Å². The third kappa shape index (κ3) is 3.89. The third-order valence-electron chi connectivity index (χ3n) is 3.79. The lowest BCUT2D eigenvalue weighted by molar-refractivity contribution is 0.284. The molecule has 0 aromatic heterocycles. The van der Waals surface area contributed by atoms with E-state index < -0.39 is 0 Å². The summed E-state index contributed by atoms with van der Waals surface area (Å²) in [6, 6.07) is 3.97. The average Bonchev–Trinajstić information content (AvgIpc) is 2.72. The topological polar surface area (TPSA) is 35.2 Å². The lowest BCUT2D eigenvalue weighted by atomic mass is 9.82. The first-order valence-electron chi connectivity index (χ1n) is 7.47. The Morgan fingerprint density at radius 3 is 2.70 bits per heavy atom. The molecule has 0 bridgehead atoms. The van der Waals surface area contributed by atoms with Gasteiger partial charge in [-0.1, -0.05) is 39.3 Å². The molecule has 2 rings (SSSR count). The molecule has 0 amide bonds. The molecular formula is C17H26ClNO. The van der Waals surface area contributed by atoms with Crippen LogP contribution < -0.4 is 10.5 Å². The number of nitrogens with two attached hydrogens (primary N) is 1. The van der Waals surface area contributed by atoms with Crippen LogP contribution in [0.2, 0.25) is 5.02 Å². The summed E-state index contributed by atoms with van der Waals surface area (Å²) in [7, 11) is 0. The minimum Gasteiger partial charge on any atom is -0.493 e. The zero-order chi connectivity index (χ0) is 14.9. The van der Waals surface area contributed by atoms with Gasteiger partial charge in [0.25, 0.3) is 0 Å². The van der Waals surface area contributed by atoms with E-state index in [1.807, 2.05) is 12.1 Å². The Bertz CT molecular complexity index is 479. The van der Waals surface area contributed by atoms with Crippen LogP contribution in [0.15, 0.2) is 12.1 Å². The predicted octanol–water partition coefficient (Wildman–Crippen LogP) is 4.74. The molecule has 1 aliphatic rings. The van der Waals surface area contributed by atoms with Crippen LogP contribution in [-0.2, 0) is 6.42 Å². The lowest BCUT2D eigenvalue weighted by Crippen LogP contribution is -2.18. The summed E-state index contributed by atoms with van der Waals surface area (Å²) in [6.07, 6.45) is 3.07. The Balaban J connectivity index is 2.12. The number of halogens is 1. The van der Waals surface area contributed by atoms with E-state index in [0.717, 1.165) is 35.8 Å². The van der Waals surface area contributed by atoms with Gasteiger partial charge in [0, 0.05) is 23.0 Å². The number of hydrogen-bond donors (Lipinski definition) is 1. The van der Waals surface area contributed by atoms with Crippen LogP contribution in [0, 0.1) is 11.3 Å². The normalized spacial score (nSPS) is 17.5. The Labute approximate surface area is 127 Å². The summed E-state index contributed by atoms with van der Waals surface area (Å²) in [6.45, 7) is 9.84. The SMILES string of the molecule is CC(CC(N)c1cc(Cl)cc2c1OCC2)CC(C)(C)C. The molecule has 1 aromatic carbocycles. The maximum Gasteiger partial charge on any atom is 0.127 e. The van der Waals surface area contributed by atoms with Crippen LogP contribution in [0.1, 0.15) is 57.7 Å². The molecule has 3 heteroatoms. The van der Waals surface area contributed by atoms with Crippen molar-refractivity contribution in [3.63, 3.8) is 0 Å². The number of fused-ring (bicyclic) bond motifs is 1. The molecule has 1 heterocycles. The van der Waals surface area contributed by atoms with Gasteiger partial charge in [-0.2, -0.15) is 0 Å². The second kappa shape index (κ2) is 5.95. The highest BCUT2D eigenvalue weighted by atomic mass is 35.5. The van der Waals surface area contributed by atoms with Gasteiger partial charge >= 0.3 is 0 Å². The van der Waals surface area contributed by atoms with Gasteiger partial charge in [0.1, 0.15) is 5.75 Å². The van der Waals surface area contributed by atoms with Crippen molar-refractivity contribution >= 4 is 11.6 Å². The first-order valence-corrected chi connectivity index (χ1v) is 7.85. The zero-order valence-corrected chi connectivity index (χ0v) is 13.8. The second-order valence-electron chi connectivity index (χ2n) is 7.29. The van der Waals surface area contributed by atoms with Gasteiger partial charge in [0.05, 0.1) is 6.61 Å². The maximum atomic E-state index is 6.42. The van der Waals surface area contributed by atoms with Gasteiger partial charge in [-0.15, -0.1) is 0 Å². The first-order chi connectivity index (χ1) is 9.26. The molecular weight excluding hydrogens is 270 g/mol. The smallest absolute Gasteiger partial charge is 0.127 e. The number of hydrogen-bond acceptors (Lipinski definition) is 2. The fourth-order valence-corrected chi connectivity index (χ4v) is 3.51. The van der Waals surface area contributed by atoms with Crippen molar-refractivity contribution in [1.82, 2.24) is 0 Å². The van der Waals surface area contributed by atoms with Gasteiger partial charge in [-0.3, -0.25) is 0 Å². The van der Waals surface area contributed by atoms with Crippen molar-refractivity contribution < 1.29 is 4.74 Å². The van der Waals surface area contributed by atoms with Gasteiger partial charge in [0.2, 0.25) is 0 Å². The van der Waals surface area contributed by atoms with Crippen LogP contribution in [0.5, 0.6) is 5.75 Å². The third-order valence-corrected chi connectivity index (χ3v) is 4.01. The number of ether oxygens (including phenoxy) is 1. The van der Waals surface area contributed by atoms with E-state index >= 15 is 0 Å². The van der Waals surface area contributed by atoms with E-state index in [1.165, 1.54) is 12.0 Å². The van der Waals surface area contributed by atoms with Crippen molar-refractivity contribution in [2.45, 2.75) is 53.0 Å². The van der Waals surface area contributed by atoms with Gasteiger partial charge in [0.15, 0.2) is 0 Å². The monoisotopic (exact) mass is 295 g/mol. The molecule has 0 spiro atoms. The fourth-order valence-electron chi connectivity index (χ4n) is 3.26. The minimum atomic E-state index is -0.00194. The highest BCUT2D eigenvalue weighted by Gasteiger charge is 2.24. The molecule has 2 nitrogen and oxygen atoms in total. The molecule has 20 heavy (non-hydrogen) atoms. The molecule has 1 aromatic rings. The predicted molar refractivity (Wildman–Crippen MR) is 85.4 cm³/mol. The number of rotatable bonds is 4.